The number of nitrogens with zero attached hydrogens (tertiary/aromatic N) is 1. The van der Waals surface area contributed by atoms with Crippen molar-refractivity contribution >= 4 is 23.3 Å². The van der Waals surface area contributed by atoms with Crippen LogP contribution in [0.1, 0.15) is 19.8 Å². The van der Waals surface area contributed by atoms with Gasteiger partial charge in [-0.25, -0.2) is 0 Å². The molecule has 0 aromatic carbocycles. The molecule has 4 heteroatoms. The van der Waals surface area contributed by atoms with Crippen LogP contribution in [0.15, 0.2) is 12.7 Å². The van der Waals surface area contributed by atoms with Crippen LogP contribution in [-0.2, 0) is 9.59 Å². The van der Waals surface area contributed by atoms with Crippen LogP contribution in [0.3, 0.4) is 0 Å². The molecule has 2 aliphatic rings. The van der Waals surface area contributed by atoms with E-state index in [4.69, 9.17) is 11.6 Å². The third-order valence-electron chi connectivity index (χ3n) is 4.23. The Bertz CT molecular complexity index is 368. The Labute approximate surface area is 107 Å². The fraction of sp³-hybridized carbons (Fsp3) is 0.692. The van der Waals surface area contributed by atoms with Crippen molar-refractivity contribution in [3.05, 3.63) is 12.7 Å². The summed E-state index contributed by atoms with van der Waals surface area (Å²) in [6.45, 7) is 6.41. The van der Waals surface area contributed by atoms with Gasteiger partial charge in [-0.15, -0.1) is 18.2 Å². The first-order valence-corrected chi connectivity index (χ1v) is 6.57. The van der Waals surface area contributed by atoms with Crippen LogP contribution in [0, 0.1) is 17.3 Å². The molecule has 0 bridgehead atoms. The van der Waals surface area contributed by atoms with Crippen LogP contribution in [-0.4, -0.2) is 35.6 Å². The third kappa shape index (κ3) is 1.71. The van der Waals surface area contributed by atoms with E-state index in [1.807, 2.05) is 0 Å². The molecule has 0 aromatic heterocycles. The number of hydrogen-bond donors (Lipinski definition) is 0. The molecular weight excluding hydrogens is 238 g/mol. The summed E-state index contributed by atoms with van der Waals surface area (Å²) in [4.78, 5) is 26.1. The van der Waals surface area contributed by atoms with Gasteiger partial charge in [0.1, 0.15) is 11.2 Å². The van der Waals surface area contributed by atoms with Gasteiger partial charge in [0.05, 0.1) is 0 Å². The second-order valence-electron chi connectivity index (χ2n) is 5.18. The fourth-order valence-corrected chi connectivity index (χ4v) is 3.68. The van der Waals surface area contributed by atoms with Crippen molar-refractivity contribution in [2.24, 2.45) is 17.3 Å². The van der Waals surface area contributed by atoms with Crippen molar-refractivity contribution in [3.8, 4) is 0 Å². The Kier molecular flexibility index (Phi) is 3.30. The number of carbonyl (C=O) groups is 2. The van der Waals surface area contributed by atoms with Crippen LogP contribution in [0.4, 0.5) is 0 Å². The van der Waals surface area contributed by atoms with Crippen molar-refractivity contribution in [2.75, 3.05) is 19.0 Å². The van der Waals surface area contributed by atoms with Crippen molar-refractivity contribution in [3.63, 3.8) is 0 Å². The van der Waals surface area contributed by atoms with Gasteiger partial charge in [0.15, 0.2) is 0 Å². The SMILES string of the molecule is C=CCN1C[C@@H]2CC(CCl)C[C@]2(C(C)=O)C1=O. The fourth-order valence-electron chi connectivity index (χ4n) is 3.44. The first kappa shape index (κ1) is 12.6. The predicted octanol–water partition coefficient (Wildman–Crippen LogP) is 1.85. The van der Waals surface area contributed by atoms with Gasteiger partial charge in [0.2, 0.25) is 5.91 Å². The summed E-state index contributed by atoms with van der Waals surface area (Å²) in [6, 6.07) is 0. The highest BCUT2D eigenvalue weighted by Gasteiger charge is 2.61. The van der Waals surface area contributed by atoms with E-state index in [-0.39, 0.29) is 17.6 Å². The Hall–Kier alpha value is -0.830. The lowest BCUT2D eigenvalue weighted by Crippen LogP contribution is -2.40. The molecule has 17 heavy (non-hydrogen) atoms. The second kappa shape index (κ2) is 4.45. The molecule has 94 valence electrons. The van der Waals surface area contributed by atoms with E-state index in [2.05, 4.69) is 6.58 Å². The van der Waals surface area contributed by atoms with Crippen molar-refractivity contribution < 1.29 is 9.59 Å². The lowest BCUT2D eigenvalue weighted by molar-refractivity contribution is -0.143. The van der Waals surface area contributed by atoms with Crippen LogP contribution >= 0.6 is 11.6 Å². The van der Waals surface area contributed by atoms with E-state index in [1.54, 1.807) is 17.9 Å². The molecule has 0 radical (unpaired) electrons. The summed E-state index contributed by atoms with van der Waals surface area (Å²) in [5, 5.41) is 0. The minimum atomic E-state index is -0.775. The number of amides is 1. The number of likely N-dealkylation sites (tertiary alicyclic amines) is 1. The Balaban J connectivity index is 2.29. The number of hydrogen-bond acceptors (Lipinski definition) is 2. The van der Waals surface area contributed by atoms with E-state index in [0.717, 1.165) is 6.42 Å². The summed E-state index contributed by atoms with van der Waals surface area (Å²) in [6.07, 6.45) is 3.23. The number of fused-ring (bicyclic) bond motifs is 1. The van der Waals surface area contributed by atoms with E-state index in [0.29, 0.717) is 31.3 Å². The molecule has 1 heterocycles. The molecule has 1 saturated carbocycles. The minimum Gasteiger partial charge on any atom is -0.338 e. The largest absolute Gasteiger partial charge is 0.338 e. The first-order valence-electron chi connectivity index (χ1n) is 6.03. The maximum atomic E-state index is 12.4. The molecule has 2 rings (SSSR count). The molecule has 1 unspecified atom stereocenters. The summed E-state index contributed by atoms with van der Waals surface area (Å²) in [7, 11) is 0. The zero-order chi connectivity index (χ0) is 12.6. The number of rotatable bonds is 4. The Morgan fingerprint density at radius 3 is 2.88 bits per heavy atom. The van der Waals surface area contributed by atoms with Gasteiger partial charge in [-0.3, -0.25) is 9.59 Å². The molecule has 1 saturated heterocycles. The number of Topliss-reactive ketones (excluding diaryl/α,β-unsaturated/α-hetero) is 1. The van der Waals surface area contributed by atoms with Crippen LogP contribution in [0.25, 0.3) is 0 Å². The molecule has 3 atom stereocenters. The van der Waals surface area contributed by atoms with Gasteiger partial charge in [0, 0.05) is 19.0 Å². The van der Waals surface area contributed by atoms with E-state index in [9.17, 15) is 9.59 Å². The second-order valence-corrected chi connectivity index (χ2v) is 5.49. The van der Waals surface area contributed by atoms with Gasteiger partial charge >= 0.3 is 0 Å². The van der Waals surface area contributed by atoms with E-state index in [1.165, 1.54) is 0 Å². The van der Waals surface area contributed by atoms with Gasteiger partial charge < -0.3 is 4.90 Å². The van der Waals surface area contributed by atoms with Crippen molar-refractivity contribution in [2.45, 2.75) is 19.8 Å². The monoisotopic (exact) mass is 255 g/mol. The lowest BCUT2D eigenvalue weighted by Gasteiger charge is -2.24. The maximum absolute atomic E-state index is 12.4. The topological polar surface area (TPSA) is 37.4 Å². The maximum Gasteiger partial charge on any atom is 0.236 e. The van der Waals surface area contributed by atoms with Gasteiger partial charge in [-0.1, -0.05) is 6.08 Å². The predicted molar refractivity (Wildman–Crippen MR) is 66.8 cm³/mol. The molecule has 1 aliphatic carbocycles. The number of halogens is 1. The first-order chi connectivity index (χ1) is 8.06. The van der Waals surface area contributed by atoms with Crippen LogP contribution in [0.5, 0.6) is 0 Å². The van der Waals surface area contributed by atoms with Crippen molar-refractivity contribution in [1.29, 1.82) is 0 Å². The van der Waals surface area contributed by atoms with E-state index >= 15 is 0 Å². The lowest BCUT2D eigenvalue weighted by atomic mass is 9.76. The zero-order valence-electron chi connectivity index (χ0n) is 10.1. The zero-order valence-corrected chi connectivity index (χ0v) is 10.9. The normalized spacial score (nSPS) is 36.1. The molecule has 3 nitrogen and oxygen atoms in total. The number of alkyl halides is 1. The number of carbonyl (C=O) groups excluding carboxylic acids is 2. The van der Waals surface area contributed by atoms with E-state index < -0.39 is 5.41 Å². The third-order valence-corrected chi connectivity index (χ3v) is 4.67. The Morgan fingerprint density at radius 2 is 2.41 bits per heavy atom. The molecule has 0 spiro atoms. The average Bonchev–Trinajstić information content (AvgIpc) is 2.77. The Morgan fingerprint density at radius 1 is 1.71 bits per heavy atom. The highest BCUT2D eigenvalue weighted by atomic mass is 35.5. The highest BCUT2D eigenvalue weighted by Crippen LogP contribution is 2.52. The van der Waals surface area contributed by atoms with Gasteiger partial charge in [0.25, 0.3) is 0 Å². The van der Waals surface area contributed by atoms with Crippen LogP contribution in [0.2, 0.25) is 0 Å². The molecule has 2 fully saturated rings. The summed E-state index contributed by atoms with van der Waals surface area (Å²) < 4.78 is 0. The van der Waals surface area contributed by atoms with Crippen molar-refractivity contribution in [1.82, 2.24) is 4.90 Å². The average molecular weight is 256 g/mol. The molecule has 0 N–H and O–H groups in total. The van der Waals surface area contributed by atoms with Gasteiger partial charge in [-0.2, -0.15) is 0 Å². The standard InChI is InChI=1S/C13H18ClNO2/c1-3-4-15-8-11-5-10(7-14)6-13(11,9(2)16)12(15)17/h3,10-11H,1,4-8H2,2H3/t10?,11-,13+/m0/s1. The minimum absolute atomic E-state index is 0.00618. The molecule has 0 aromatic rings. The van der Waals surface area contributed by atoms with Gasteiger partial charge in [-0.05, 0) is 31.6 Å². The summed E-state index contributed by atoms with van der Waals surface area (Å²) >= 11 is 5.88. The summed E-state index contributed by atoms with van der Waals surface area (Å²) in [5.41, 5.74) is -0.775. The quantitative estimate of drug-likeness (QED) is 0.437. The smallest absolute Gasteiger partial charge is 0.236 e. The molecular formula is C13H18ClNO2. The molecule has 1 aliphatic heterocycles. The molecule has 1 amide bonds. The highest BCUT2D eigenvalue weighted by molar-refractivity contribution is 6.18. The number of ketones is 1. The van der Waals surface area contributed by atoms with Crippen LogP contribution < -0.4 is 0 Å². The summed E-state index contributed by atoms with van der Waals surface area (Å²) in [5.74, 6) is 0.992.